The fourth-order valence-corrected chi connectivity index (χ4v) is 2.84. The van der Waals surface area contributed by atoms with Gasteiger partial charge in [-0.1, -0.05) is 44.2 Å². The second-order valence-electron chi connectivity index (χ2n) is 6.32. The lowest BCUT2D eigenvalue weighted by atomic mass is 9.95. The number of carbonyl (C=O) groups excluding carboxylic acids is 1. The van der Waals surface area contributed by atoms with Gasteiger partial charge in [0.2, 0.25) is 17.7 Å². The monoisotopic (exact) mass is 374 g/mol. The van der Waals surface area contributed by atoms with Gasteiger partial charge in [0.1, 0.15) is 0 Å². The summed E-state index contributed by atoms with van der Waals surface area (Å²) in [4.78, 5) is 14.7. The Bertz CT molecular complexity index is 671. The molecule has 27 heavy (non-hydrogen) atoms. The van der Waals surface area contributed by atoms with Crippen LogP contribution in [-0.4, -0.2) is 60.4 Å². The average Bonchev–Trinajstić information content (AvgIpc) is 3.12. The second-order valence-corrected chi connectivity index (χ2v) is 6.32. The fourth-order valence-electron chi connectivity index (χ4n) is 2.84. The molecule has 7 heteroatoms. The number of amides is 1. The summed E-state index contributed by atoms with van der Waals surface area (Å²) in [6.45, 7) is 10.6. The number of aromatic nitrogens is 2. The lowest BCUT2D eigenvalue weighted by molar-refractivity contribution is -0.121. The second kappa shape index (κ2) is 11.5. The van der Waals surface area contributed by atoms with Gasteiger partial charge in [0, 0.05) is 26.4 Å². The van der Waals surface area contributed by atoms with Crippen LogP contribution in [0.4, 0.5) is 0 Å². The third-order valence-electron chi connectivity index (χ3n) is 4.45. The summed E-state index contributed by atoms with van der Waals surface area (Å²) in [5.74, 6) is 0.639. The number of aryl methyl sites for hydroxylation is 1. The molecule has 148 valence electrons. The van der Waals surface area contributed by atoms with Crippen molar-refractivity contribution in [2.45, 2.75) is 33.1 Å². The molecule has 0 bridgehead atoms. The Hall–Kier alpha value is -2.25. The van der Waals surface area contributed by atoms with Crippen LogP contribution in [-0.2, 0) is 9.53 Å². The molecule has 1 atom stereocenters. The lowest BCUT2D eigenvalue weighted by Crippen LogP contribution is -2.31. The molecule has 2 rings (SSSR count). The van der Waals surface area contributed by atoms with E-state index in [1.807, 2.05) is 30.3 Å². The first-order valence-corrected chi connectivity index (χ1v) is 9.55. The first-order valence-electron chi connectivity index (χ1n) is 9.55. The number of benzene rings is 1. The van der Waals surface area contributed by atoms with Gasteiger partial charge in [-0.15, -0.1) is 10.2 Å². The van der Waals surface area contributed by atoms with Crippen LogP contribution in [0.2, 0.25) is 0 Å². The molecule has 0 aliphatic carbocycles. The van der Waals surface area contributed by atoms with Crippen molar-refractivity contribution in [2.24, 2.45) is 0 Å². The van der Waals surface area contributed by atoms with Crippen molar-refractivity contribution in [3.05, 3.63) is 47.7 Å². The highest BCUT2D eigenvalue weighted by molar-refractivity contribution is 5.77. The highest BCUT2D eigenvalue weighted by atomic mass is 16.5. The maximum Gasteiger partial charge on any atom is 0.224 e. The van der Waals surface area contributed by atoms with Crippen LogP contribution in [0.1, 0.15) is 43.5 Å². The van der Waals surface area contributed by atoms with Crippen LogP contribution in [0.15, 0.2) is 34.7 Å². The third-order valence-corrected chi connectivity index (χ3v) is 4.45. The molecule has 0 aliphatic rings. The van der Waals surface area contributed by atoms with Crippen molar-refractivity contribution in [2.75, 3.05) is 39.4 Å². The summed E-state index contributed by atoms with van der Waals surface area (Å²) < 4.78 is 11.2. The van der Waals surface area contributed by atoms with Gasteiger partial charge in [0.25, 0.3) is 0 Å². The summed E-state index contributed by atoms with van der Waals surface area (Å²) in [5.41, 5.74) is 0.978. The molecule has 0 saturated heterocycles. The van der Waals surface area contributed by atoms with E-state index in [0.29, 0.717) is 31.5 Å². The Kier molecular flexibility index (Phi) is 8.94. The van der Waals surface area contributed by atoms with Crippen LogP contribution in [0.3, 0.4) is 0 Å². The molecule has 7 nitrogen and oxygen atoms in total. The van der Waals surface area contributed by atoms with Crippen molar-refractivity contribution in [3.63, 3.8) is 0 Å². The number of rotatable bonds is 12. The van der Waals surface area contributed by atoms with Gasteiger partial charge in [0.05, 0.1) is 19.1 Å². The summed E-state index contributed by atoms with van der Waals surface area (Å²) in [6.07, 6.45) is 0.255. The van der Waals surface area contributed by atoms with Crippen molar-refractivity contribution >= 4 is 5.91 Å². The van der Waals surface area contributed by atoms with E-state index in [1.165, 1.54) is 0 Å². The molecule has 0 radical (unpaired) electrons. The molecule has 0 fully saturated rings. The zero-order valence-electron chi connectivity index (χ0n) is 16.5. The number of carbonyl (C=O) groups is 1. The molecule has 1 amide bonds. The van der Waals surface area contributed by atoms with E-state index in [0.717, 1.165) is 25.2 Å². The minimum Gasteiger partial charge on any atom is -0.425 e. The molecule has 1 N–H and O–H groups in total. The van der Waals surface area contributed by atoms with Crippen LogP contribution in [0, 0.1) is 6.92 Å². The smallest absolute Gasteiger partial charge is 0.224 e. The molecule has 0 saturated carbocycles. The molecule has 1 aromatic heterocycles. The Morgan fingerprint density at radius 3 is 2.56 bits per heavy atom. The van der Waals surface area contributed by atoms with Gasteiger partial charge < -0.3 is 19.4 Å². The molecular formula is C20H30N4O3. The van der Waals surface area contributed by atoms with Crippen molar-refractivity contribution in [1.29, 1.82) is 0 Å². The largest absolute Gasteiger partial charge is 0.425 e. The van der Waals surface area contributed by atoms with E-state index < -0.39 is 0 Å². The SMILES string of the molecule is CCN(CC)CCOCCNC(=O)CC(c1ccccc1)c1nnc(C)o1. The summed E-state index contributed by atoms with van der Waals surface area (Å²) in [7, 11) is 0. The van der Waals surface area contributed by atoms with Gasteiger partial charge in [-0.25, -0.2) is 0 Å². The first-order chi connectivity index (χ1) is 13.1. The molecule has 0 spiro atoms. The average molecular weight is 374 g/mol. The predicted octanol–water partition coefficient (Wildman–Crippen LogP) is 2.37. The first kappa shape index (κ1) is 21.1. The van der Waals surface area contributed by atoms with E-state index in [1.54, 1.807) is 6.92 Å². The molecule has 1 aromatic carbocycles. The maximum atomic E-state index is 12.4. The zero-order valence-corrected chi connectivity index (χ0v) is 16.5. The standard InChI is InChI=1S/C20H30N4O3/c1-4-24(5-2)12-14-26-13-11-21-19(25)15-18(17-9-7-6-8-10-17)20-23-22-16(3)27-20/h6-10,18H,4-5,11-15H2,1-3H3,(H,21,25). The van der Waals surface area contributed by atoms with Crippen LogP contribution in [0.5, 0.6) is 0 Å². The Balaban J connectivity index is 1.79. The molecular weight excluding hydrogens is 344 g/mol. The van der Waals surface area contributed by atoms with Gasteiger partial charge in [-0.3, -0.25) is 4.79 Å². The summed E-state index contributed by atoms with van der Waals surface area (Å²) >= 11 is 0. The van der Waals surface area contributed by atoms with Crippen molar-refractivity contribution < 1.29 is 13.9 Å². The fraction of sp³-hybridized carbons (Fsp3) is 0.550. The van der Waals surface area contributed by atoms with Crippen LogP contribution < -0.4 is 5.32 Å². The van der Waals surface area contributed by atoms with E-state index in [-0.39, 0.29) is 18.2 Å². The normalized spacial score (nSPS) is 12.3. The zero-order chi connectivity index (χ0) is 19.5. The van der Waals surface area contributed by atoms with E-state index in [9.17, 15) is 4.79 Å². The Labute approximate surface area is 161 Å². The van der Waals surface area contributed by atoms with Crippen LogP contribution in [0.25, 0.3) is 0 Å². The van der Waals surface area contributed by atoms with Crippen molar-refractivity contribution in [1.82, 2.24) is 20.4 Å². The highest BCUT2D eigenvalue weighted by Gasteiger charge is 2.23. The van der Waals surface area contributed by atoms with Gasteiger partial charge in [0.15, 0.2) is 0 Å². The quantitative estimate of drug-likeness (QED) is 0.575. The van der Waals surface area contributed by atoms with Crippen molar-refractivity contribution in [3.8, 4) is 0 Å². The highest BCUT2D eigenvalue weighted by Crippen LogP contribution is 2.26. The Morgan fingerprint density at radius 2 is 1.93 bits per heavy atom. The number of hydrogen-bond donors (Lipinski definition) is 1. The summed E-state index contributed by atoms with van der Waals surface area (Å²) in [6, 6.07) is 9.75. The number of likely N-dealkylation sites (N-methyl/N-ethyl adjacent to an activating group) is 1. The predicted molar refractivity (Wildman–Crippen MR) is 104 cm³/mol. The minimum absolute atomic E-state index is 0.0629. The van der Waals surface area contributed by atoms with E-state index in [4.69, 9.17) is 9.15 Å². The number of nitrogens with zero attached hydrogens (tertiary/aromatic N) is 3. The molecule has 1 unspecified atom stereocenters. The minimum atomic E-state index is -0.254. The Morgan fingerprint density at radius 1 is 1.19 bits per heavy atom. The molecule has 2 aromatic rings. The van der Waals surface area contributed by atoms with E-state index >= 15 is 0 Å². The number of hydrogen-bond acceptors (Lipinski definition) is 6. The number of nitrogens with one attached hydrogen (secondary N) is 1. The van der Waals surface area contributed by atoms with Crippen LogP contribution >= 0.6 is 0 Å². The molecule has 0 aliphatic heterocycles. The molecule has 1 heterocycles. The van der Waals surface area contributed by atoms with E-state index in [2.05, 4.69) is 34.3 Å². The topological polar surface area (TPSA) is 80.5 Å². The van der Waals surface area contributed by atoms with Gasteiger partial charge in [-0.05, 0) is 18.7 Å². The maximum absolute atomic E-state index is 12.4. The number of ether oxygens (including phenoxy) is 1. The van der Waals surface area contributed by atoms with Gasteiger partial charge >= 0.3 is 0 Å². The summed E-state index contributed by atoms with van der Waals surface area (Å²) in [5, 5.41) is 10.9. The third kappa shape index (κ3) is 7.11. The van der Waals surface area contributed by atoms with Gasteiger partial charge in [-0.2, -0.15) is 0 Å². The lowest BCUT2D eigenvalue weighted by Gasteiger charge is -2.17.